The third-order valence-electron chi connectivity index (χ3n) is 4.01. The van der Waals surface area contributed by atoms with E-state index in [1.807, 2.05) is 31.2 Å². The van der Waals surface area contributed by atoms with E-state index in [1.54, 1.807) is 12.1 Å². The van der Waals surface area contributed by atoms with E-state index in [0.29, 0.717) is 11.1 Å². The minimum absolute atomic E-state index is 0.286. The number of benzene rings is 2. The van der Waals surface area contributed by atoms with Gasteiger partial charge in [0.15, 0.2) is 0 Å². The van der Waals surface area contributed by atoms with Crippen molar-refractivity contribution in [2.75, 3.05) is 0 Å². The van der Waals surface area contributed by atoms with E-state index in [1.165, 1.54) is 12.8 Å². The second-order valence-electron chi connectivity index (χ2n) is 5.67. The zero-order chi connectivity index (χ0) is 14.6. The van der Waals surface area contributed by atoms with Crippen LogP contribution in [0, 0.1) is 6.92 Å². The van der Waals surface area contributed by atoms with E-state index in [4.69, 9.17) is 16.6 Å². The summed E-state index contributed by atoms with van der Waals surface area (Å²) >= 11 is 6.09. The molecule has 3 aromatic rings. The summed E-state index contributed by atoms with van der Waals surface area (Å²) in [7, 11) is 0. The van der Waals surface area contributed by atoms with E-state index in [-0.39, 0.29) is 5.75 Å². The van der Waals surface area contributed by atoms with Crippen molar-refractivity contribution < 1.29 is 5.11 Å². The molecule has 0 spiro atoms. The normalized spacial score (nSPS) is 14.8. The predicted molar refractivity (Wildman–Crippen MR) is 84.9 cm³/mol. The molecule has 1 heterocycles. The summed E-state index contributed by atoms with van der Waals surface area (Å²) in [5.74, 6) is 1.25. The van der Waals surface area contributed by atoms with Crippen LogP contribution in [0.25, 0.3) is 22.4 Å². The van der Waals surface area contributed by atoms with Crippen LogP contribution in [-0.4, -0.2) is 14.7 Å². The largest absolute Gasteiger partial charge is 0.508 e. The maximum Gasteiger partial charge on any atom is 0.141 e. The summed E-state index contributed by atoms with van der Waals surface area (Å²) < 4.78 is 2.31. The van der Waals surface area contributed by atoms with Crippen LogP contribution >= 0.6 is 11.6 Å². The highest BCUT2D eigenvalue weighted by Gasteiger charge is 2.29. The first kappa shape index (κ1) is 12.7. The molecule has 4 rings (SSSR count). The molecule has 0 atom stereocenters. The third kappa shape index (κ3) is 2.09. The highest BCUT2D eigenvalue weighted by atomic mass is 35.5. The van der Waals surface area contributed by atoms with Gasteiger partial charge in [0, 0.05) is 16.6 Å². The van der Waals surface area contributed by atoms with Crippen LogP contribution < -0.4 is 0 Å². The van der Waals surface area contributed by atoms with Crippen molar-refractivity contribution in [1.82, 2.24) is 9.55 Å². The van der Waals surface area contributed by atoms with Gasteiger partial charge in [-0.3, -0.25) is 0 Å². The van der Waals surface area contributed by atoms with Crippen molar-refractivity contribution in [2.24, 2.45) is 0 Å². The lowest BCUT2D eigenvalue weighted by atomic mass is 10.1. The average Bonchev–Trinajstić information content (AvgIpc) is 3.20. The molecule has 0 unspecified atom stereocenters. The smallest absolute Gasteiger partial charge is 0.141 e. The SMILES string of the molecule is Cc1cc(O)ccc1-c1nc2cc(Cl)ccc2n1C1CC1. The van der Waals surface area contributed by atoms with Gasteiger partial charge in [-0.25, -0.2) is 4.98 Å². The van der Waals surface area contributed by atoms with Crippen LogP contribution in [0.15, 0.2) is 36.4 Å². The monoisotopic (exact) mass is 298 g/mol. The second-order valence-corrected chi connectivity index (χ2v) is 6.11. The first-order chi connectivity index (χ1) is 10.1. The number of hydrogen-bond donors (Lipinski definition) is 1. The van der Waals surface area contributed by atoms with E-state index in [9.17, 15) is 5.11 Å². The number of nitrogens with zero attached hydrogens (tertiary/aromatic N) is 2. The van der Waals surface area contributed by atoms with Crippen LogP contribution in [0.2, 0.25) is 5.02 Å². The van der Waals surface area contributed by atoms with E-state index < -0.39 is 0 Å². The summed E-state index contributed by atoms with van der Waals surface area (Å²) in [6, 6.07) is 11.8. The van der Waals surface area contributed by atoms with Gasteiger partial charge in [-0.2, -0.15) is 0 Å². The van der Waals surface area contributed by atoms with Crippen molar-refractivity contribution in [1.29, 1.82) is 0 Å². The third-order valence-corrected chi connectivity index (χ3v) is 4.25. The van der Waals surface area contributed by atoms with E-state index in [0.717, 1.165) is 28.0 Å². The quantitative estimate of drug-likeness (QED) is 0.744. The van der Waals surface area contributed by atoms with Gasteiger partial charge in [0.05, 0.1) is 11.0 Å². The molecule has 2 aromatic carbocycles. The number of aromatic hydroxyl groups is 1. The maximum atomic E-state index is 9.61. The van der Waals surface area contributed by atoms with Crippen LogP contribution in [0.5, 0.6) is 5.75 Å². The van der Waals surface area contributed by atoms with Crippen LogP contribution in [0.3, 0.4) is 0 Å². The Morgan fingerprint density at radius 1 is 1.19 bits per heavy atom. The fourth-order valence-corrected chi connectivity index (χ4v) is 3.03. The molecule has 1 aliphatic carbocycles. The molecule has 106 valence electrons. The van der Waals surface area contributed by atoms with E-state index >= 15 is 0 Å². The van der Waals surface area contributed by atoms with Crippen LogP contribution in [0.1, 0.15) is 24.4 Å². The minimum Gasteiger partial charge on any atom is -0.508 e. The van der Waals surface area contributed by atoms with Gasteiger partial charge >= 0.3 is 0 Å². The molecule has 21 heavy (non-hydrogen) atoms. The van der Waals surface area contributed by atoms with Crippen molar-refractivity contribution in [3.63, 3.8) is 0 Å². The molecule has 1 saturated carbocycles. The topological polar surface area (TPSA) is 38.1 Å². The fraction of sp³-hybridized carbons (Fsp3) is 0.235. The van der Waals surface area contributed by atoms with Crippen molar-refractivity contribution >= 4 is 22.6 Å². The van der Waals surface area contributed by atoms with Gasteiger partial charge < -0.3 is 9.67 Å². The van der Waals surface area contributed by atoms with Crippen LogP contribution in [-0.2, 0) is 0 Å². The van der Waals surface area contributed by atoms with Gasteiger partial charge in [0.2, 0.25) is 0 Å². The highest BCUT2D eigenvalue weighted by Crippen LogP contribution is 2.42. The van der Waals surface area contributed by atoms with Gasteiger partial charge in [0.1, 0.15) is 11.6 Å². The molecule has 0 amide bonds. The maximum absolute atomic E-state index is 9.61. The first-order valence-corrected chi connectivity index (χ1v) is 7.49. The lowest BCUT2D eigenvalue weighted by Gasteiger charge is -2.10. The number of phenolic OH excluding ortho intramolecular Hbond substituents is 1. The molecule has 0 aliphatic heterocycles. The second kappa shape index (κ2) is 4.50. The fourth-order valence-electron chi connectivity index (χ4n) is 2.86. The number of phenols is 1. The summed E-state index contributed by atoms with van der Waals surface area (Å²) in [6.45, 7) is 2.00. The Labute approximate surface area is 127 Å². The molecule has 1 aliphatic rings. The average molecular weight is 299 g/mol. The van der Waals surface area contributed by atoms with Crippen molar-refractivity contribution in [3.05, 3.63) is 47.0 Å². The molecular formula is C17H15ClN2O. The Morgan fingerprint density at radius 3 is 2.71 bits per heavy atom. The van der Waals surface area contributed by atoms with Crippen molar-refractivity contribution in [2.45, 2.75) is 25.8 Å². The lowest BCUT2D eigenvalue weighted by Crippen LogP contribution is -1.98. The first-order valence-electron chi connectivity index (χ1n) is 7.11. The molecule has 1 fully saturated rings. The number of aromatic nitrogens is 2. The molecular weight excluding hydrogens is 284 g/mol. The number of aryl methyl sites for hydroxylation is 1. The molecule has 3 nitrogen and oxygen atoms in total. The number of rotatable bonds is 2. The van der Waals surface area contributed by atoms with E-state index in [2.05, 4.69) is 4.57 Å². The molecule has 1 N–H and O–H groups in total. The van der Waals surface area contributed by atoms with Gasteiger partial charge in [0.25, 0.3) is 0 Å². The molecule has 0 bridgehead atoms. The number of halogens is 1. The zero-order valence-corrected chi connectivity index (χ0v) is 12.4. The Kier molecular flexibility index (Phi) is 2.73. The number of fused-ring (bicyclic) bond motifs is 1. The Morgan fingerprint density at radius 2 is 2.00 bits per heavy atom. The number of hydrogen-bond acceptors (Lipinski definition) is 2. The molecule has 1 aromatic heterocycles. The lowest BCUT2D eigenvalue weighted by molar-refractivity contribution is 0.475. The summed E-state index contributed by atoms with van der Waals surface area (Å²) in [4.78, 5) is 4.79. The Balaban J connectivity index is 2.01. The standard InChI is InChI=1S/C17H15ClN2O/c1-10-8-13(21)5-6-14(10)17-19-15-9-11(18)2-7-16(15)20(17)12-3-4-12/h2,5-9,12,21H,3-4H2,1H3. The summed E-state index contributed by atoms with van der Waals surface area (Å²) in [5, 5.41) is 10.3. The van der Waals surface area contributed by atoms with Gasteiger partial charge in [-0.05, 0) is 61.7 Å². The number of imidazole rings is 1. The molecule has 4 heteroatoms. The Bertz CT molecular complexity index is 849. The predicted octanol–water partition coefficient (Wildman–Crippen LogP) is 4.71. The molecule has 0 saturated heterocycles. The summed E-state index contributed by atoms with van der Waals surface area (Å²) in [5.41, 5.74) is 4.14. The minimum atomic E-state index is 0.286. The molecule has 0 radical (unpaired) electrons. The van der Waals surface area contributed by atoms with Gasteiger partial charge in [-0.15, -0.1) is 0 Å². The van der Waals surface area contributed by atoms with Gasteiger partial charge in [-0.1, -0.05) is 11.6 Å². The summed E-state index contributed by atoms with van der Waals surface area (Å²) in [6.07, 6.45) is 2.39. The van der Waals surface area contributed by atoms with Crippen LogP contribution in [0.4, 0.5) is 0 Å². The Hall–Kier alpha value is -2.00. The van der Waals surface area contributed by atoms with Crippen molar-refractivity contribution in [3.8, 4) is 17.1 Å². The zero-order valence-electron chi connectivity index (χ0n) is 11.7. The highest BCUT2D eigenvalue weighted by molar-refractivity contribution is 6.31.